The number of halogens is 1. The topological polar surface area (TPSA) is 64.4 Å². The molecule has 0 saturated carbocycles. The van der Waals surface area contributed by atoms with Gasteiger partial charge in [-0.25, -0.2) is 0 Å². The molecule has 0 aromatic heterocycles. The van der Waals surface area contributed by atoms with E-state index >= 15 is 0 Å². The van der Waals surface area contributed by atoms with E-state index in [2.05, 4.69) is 5.32 Å². The Kier molecular flexibility index (Phi) is 6.04. The van der Waals surface area contributed by atoms with Crippen molar-refractivity contribution in [2.75, 3.05) is 13.2 Å². The molecule has 0 unspecified atom stereocenters. The van der Waals surface area contributed by atoms with E-state index in [4.69, 9.17) is 16.3 Å². The summed E-state index contributed by atoms with van der Waals surface area (Å²) in [7, 11) is 0. The van der Waals surface area contributed by atoms with Crippen LogP contribution in [-0.4, -0.2) is 24.1 Å². The Morgan fingerprint density at radius 3 is 2.83 bits per heavy atom. The van der Waals surface area contributed by atoms with E-state index in [0.717, 1.165) is 0 Å². The molecule has 0 heterocycles. The van der Waals surface area contributed by atoms with Crippen LogP contribution in [0.3, 0.4) is 0 Å². The number of nitrogens with one attached hydrogen (secondary N) is 1. The first-order chi connectivity index (χ1) is 8.50. The van der Waals surface area contributed by atoms with Crippen LogP contribution < -0.4 is 5.32 Å². The molecular formula is C12H17ClN2O3. The predicted molar refractivity (Wildman–Crippen MR) is 70.9 cm³/mol. The molecule has 18 heavy (non-hydrogen) atoms. The summed E-state index contributed by atoms with van der Waals surface area (Å²) in [5.74, 6) is 0. The summed E-state index contributed by atoms with van der Waals surface area (Å²) in [4.78, 5) is 10.4. The summed E-state index contributed by atoms with van der Waals surface area (Å²) in [6, 6.07) is 4.86. The molecule has 0 fully saturated rings. The van der Waals surface area contributed by atoms with E-state index < -0.39 is 4.92 Å². The highest BCUT2D eigenvalue weighted by molar-refractivity contribution is 6.30. The summed E-state index contributed by atoms with van der Waals surface area (Å²) in [5.41, 5.74) is 0.535. The molecule has 1 aromatic carbocycles. The van der Waals surface area contributed by atoms with Crippen molar-refractivity contribution in [1.82, 2.24) is 5.32 Å². The minimum absolute atomic E-state index is 0.0382. The van der Waals surface area contributed by atoms with Gasteiger partial charge < -0.3 is 10.1 Å². The SMILES string of the molecule is CC(C)NCCOCc1cc(Cl)ccc1[N+](=O)[O-]. The minimum Gasteiger partial charge on any atom is -0.375 e. The first-order valence-electron chi connectivity index (χ1n) is 5.74. The van der Waals surface area contributed by atoms with Crippen LogP contribution in [0.5, 0.6) is 0 Å². The van der Waals surface area contributed by atoms with Crippen molar-refractivity contribution in [2.45, 2.75) is 26.5 Å². The third kappa shape index (κ3) is 5.00. The zero-order valence-electron chi connectivity index (χ0n) is 10.5. The summed E-state index contributed by atoms with van der Waals surface area (Å²) < 4.78 is 5.39. The fraction of sp³-hybridized carbons (Fsp3) is 0.500. The molecule has 1 rings (SSSR count). The van der Waals surface area contributed by atoms with Crippen molar-refractivity contribution in [3.63, 3.8) is 0 Å². The largest absolute Gasteiger partial charge is 0.375 e. The third-order valence-electron chi connectivity index (χ3n) is 2.29. The Balaban J connectivity index is 2.50. The summed E-state index contributed by atoms with van der Waals surface area (Å²) in [5, 5.41) is 14.5. The van der Waals surface area contributed by atoms with E-state index in [0.29, 0.717) is 29.8 Å². The molecule has 0 aliphatic carbocycles. The van der Waals surface area contributed by atoms with Crippen molar-refractivity contribution in [3.05, 3.63) is 38.9 Å². The van der Waals surface area contributed by atoms with Crippen molar-refractivity contribution < 1.29 is 9.66 Å². The van der Waals surface area contributed by atoms with Gasteiger partial charge in [-0.3, -0.25) is 10.1 Å². The van der Waals surface area contributed by atoms with Crippen LogP contribution in [0, 0.1) is 10.1 Å². The first-order valence-corrected chi connectivity index (χ1v) is 6.12. The Morgan fingerprint density at radius 2 is 2.22 bits per heavy atom. The van der Waals surface area contributed by atoms with E-state index in [1.807, 2.05) is 13.8 Å². The van der Waals surface area contributed by atoms with E-state index in [1.54, 1.807) is 6.07 Å². The zero-order chi connectivity index (χ0) is 13.5. The molecule has 100 valence electrons. The van der Waals surface area contributed by atoms with Gasteiger partial charge in [0.2, 0.25) is 0 Å². The Morgan fingerprint density at radius 1 is 1.50 bits per heavy atom. The molecule has 0 bridgehead atoms. The molecule has 0 amide bonds. The van der Waals surface area contributed by atoms with Crippen LogP contribution in [0.4, 0.5) is 5.69 Å². The zero-order valence-corrected chi connectivity index (χ0v) is 11.2. The van der Waals surface area contributed by atoms with Crippen LogP contribution >= 0.6 is 11.6 Å². The maximum atomic E-state index is 10.8. The van der Waals surface area contributed by atoms with Crippen molar-refractivity contribution in [2.24, 2.45) is 0 Å². The quantitative estimate of drug-likeness (QED) is 0.471. The van der Waals surface area contributed by atoms with Crippen molar-refractivity contribution in [1.29, 1.82) is 0 Å². The van der Waals surface area contributed by atoms with Crippen LogP contribution in [0.1, 0.15) is 19.4 Å². The minimum atomic E-state index is -0.429. The number of hydrogen-bond acceptors (Lipinski definition) is 4. The van der Waals surface area contributed by atoms with Crippen LogP contribution in [0.25, 0.3) is 0 Å². The van der Waals surface area contributed by atoms with Gasteiger partial charge in [0, 0.05) is 23.7 Å². The van der Waals surface area contributed by atoms with E-state index in [9.17, 15) is 10.1 Å². The van der Waals surface area contributed by atoms with Gasteiger partial charge in [0.1, 0.15) is 0 Å². The predicted octanol–water partition coefficient (Wildman–Crippen LogP) is 2.76. The van der Waals surface area contributed by atoms with Crippen LogP contribution in [0.15, 0.2) is 18.2 Å². The number of ether oxygens (including phenoxy) is 1. The molecule has 6 heteroatoms. The second-order valence-corrected chi connectivity index (χ2v) is 4.63. The number of benzene rings is 1. The molecule has 0 saturated heterocycles. The molecule has 1 aromatic rings. The number of nitro groups is 1. The number of hydrogen-bond donors (Lipinski definition) is 1. The third-order valence-corrected chi connectivity index (χ3v) is 2.53. The standard InChI is InChI=1S/C12H17ClN2O3/c1-9(2)14-5-6-18-8-10-7-11(13)3-4-12(10)15(16)17/h3-4,7,9,14H,5-6,8H2,1-2H3. The molecule has 5 nitrogen and oxygen atoms in total. The second-order valence-electron chi connectivity index (χ2n) is 4.19. The Labute approximate surface area is 111 Å². The lowest BCUT2D eigenvalue weighted by atomic mass is 10.2. The van der Waals surface area contributed by atoms with Gasteiger partial charge in [-0.1, -0.05) is 25.4 Å². The fourth-order valence-corrected chi connectivity index (χ4v) is 1.64. The fourth-order valence-electron chi connectivity index (χ4n) is 1.45. The van der Waals surface area contributed by atoms with Crippen molar-refractivity contribution >= 4 is 17.3 Å². The van der Waals surface area contributed by atoms with E-state index in [1.165, 1.54) is 12.1 Å². The summed E-state index contributed by atoms with van der Waals surface area (Å²) in [6.07, 6.45) is 0. The highest BCUT2D eigenvalue weighted by atomic mass is 35.5. The second kappa shape index (κ2) is 7.31. The van der Waals surface area contributed by atoms with Gasteiger partial charge in [0.15, 0.2) is 0 Å². The number of rotatable bonds is 7. The number of nitro benzene ring substituents is 1. The molecule has 0 atom stereocenters. The summed E-state index contributed by atoms with van der Waals surface area (Å²) >= 11 is 5.81. The normalized spacial score (nSPS) is 10.9. The Bertz CT molecular complexity index is 410. The van der Waals surface area contributed by atoms with E-state index in [-0.39, 0.29) is 12.3 Å². The average molecular weight is 273 g/mol. The highest BCUT2D eigenvalue weighted by Gasteiger charge is 2.13. The molecule has 0 spiro atoms. The van der Waals surface area contributed by atoms with Gasteiger partial charge in [0.05, 0.1) is 23.7 Å². The lowest BCUT2D eigenvalue weighted by Gasteiger charge is -2.09. The van der Waals surface area contributed by atoms with Crippen LogP contribution in [-0.2, 0) is 11.3 Å². The van der Waals surface area contributed by atoms with Gasteiger partial charge in [-0.05, 0) is 12.1 Å². The molecule has 0 aliphatic heterocycles. The van der Waals surface area contributed by atoms with Crippen LogP contribution in [0.2, 0.25) is 5.02 Å². The molecule has 0 aliphatic rings. The van der Waals surface area contributed by atoms with Gasteiger partial charge >= 0.3 is 0 Å². The maximum absolute atomic E-state index is 10.8. The molecular weight excluding hydrogens is 256 g/mol. The average Bonchev–Trinajstić information content (AvgIpc) is 2.27. The molecule has 0 radical (unpaired) electrons. The number of nitrogens with zero attached hydrogens (tertiary/aromatic N) is 1. The van der Waals surface area contributed by atoms with Gasteiger partial charge in [-0.2, -0.15) is 0 Å². The molecule has 1 N–H and O–H groups in total. The highest BCUT2D eigenvalue weighted by Crippen LogP contribution is 2.23. The lowest BCUT2D eigenvalue weighted by Crippen LogP contribution is -2.26. The van der Waals surface area contributed by atoms with Gasteiger partial charge in [-0.15, -0.1) is 0 Å². The van der Waals surface area contributed by atoms with Crippen molar-refractivity contribution in [3.8, 4) is 0 Å². The summed E-state index contributed by atoms with van der Waals surface area (Å²) in [6.45, 7) is 5.49. The monoisotopic (exact) mass is 272 g/mol. The maximum Gasteiger partial charge on any atom is 0.275 e. The lowest BCUT2D eigenvalue weighted by molar-refractivity contribution is -0.385. The first kappa shape index (κ1) is 14.9. The smallest absolute Gasteiger partial charge is 0.275 e. The Hall–Kier alpha value is -1.17. The van der Waals surface area contributed by atoms with Gasteiger partial charge in [0.25, 0.3) is 5.69 Å².